The lowest BCUT2D eigenvalue weighted by molar-refractivity contribution is 0.415. The lowest BCUT2D eigenvalue weighted by Crippen LogP contribution is -2.24. The molecule has 0 amide bonds. The third kappa shape index (κ3) is 1.69. The number of hydrogen-bond donors (Lipinski definition) is 0. The summed E-state index contributed by atoms with van der Waals surface area (Å²) in [4.78, 5) is 9.25. The van der Waals surface area contributed by atoms with Crippen LogP contribution >= 0.6 is 0 Å². The summed E-state index contributed by atoms with van der Waals surface area (Å²) in [6.07, 6.45) is 0. The third-order valence-corrected chi connectivity index (χ3v) is 3.30. The molecule has 0 atom stereocenters. The first kappa shape index (κ1) is 12.4. The summed E-state index contributed by atoms with van der Waals surface area (Å²) in [6.45, 7) is 7.93. The molecule has 0 aliphatic rings. The van der Waals surface area contributed by atoms with Crippen molar-refractivity contribution in [3.8, 4) is 11.5 Å². The highest BCUT2D eigenvalue weighted by Gasteiger charge is 2.11. The van der Waals surface area contributed by atoms with Gasteiger partial charge in [0.15, 0.2) is 5.75 Å². The van der Waals surface area contributed by atoms with Gasteiger partial charge in [0.2, 0.25) is 0 Å². The molecule has 1 aromatic heterocycles. The number of benzene rings is 2. The number of fused-ring (bicyclic) bond motifs is 2. The van der Waals surface area contributed by atoms with Crippen LogP contribution in [-0.4, -0.2) is 24.2 Å². The Bertz CT molecular complexity index is 919. The largest absolute Gasteiger partial charge is 0.494 e. The summed E-state index contributed by atoms with van der Waals surface area (Å²) >= 11 is 0. The molecule has 0 bridgehead atoms. The van der Waals surface area contributed by atoms with Gasteiger partial charge in [-0.05, 0) is 23.4 Å². The van der Waals surface area contributed by atoms with Crippen molar-refractivity contribution in [2.24, 2.45) is 0 Å². The molecule has 100 valence electrons. The van der Waals surface area contributed by atoms with Gasteiger partial charge >= 0.3 is 0 Å². The molecular formula is C16H14N2O2. The van der Waals surface area contributed by atoms with Crippen molar-refractivity contribution in [3.63, 3.8) is 0 Å². The molecule has 0 spiro atoms. The summed E-state index contributed by atoms with van der Waals surface area (Å²) in [5, 5.41) is 1.51. The predicted molar refractivity (Wildman–Crippen MR) is 80.4 cm³/mol. The Morgan fingerprint density at radius 2 is 1.70 bits per heavy atom. The van der Waals surface area contributed by atoms with Crippen LogP contribution in [0.5, 0.6) is 11.5 Å². The van der Waals surface area contributed by atoms with Gasteiger partial charge in [0.25, 0.3) is 0 Å². The lowest BCUT2D eigenvalue weighted by Gasteiger charge is -2.09. The van der Waals surface area contributed by atoms with E-state index in [0.29, 0.717) is 17.0 Å². The molecule has 0 aliphatic carbocycles. The smallest absolute Gasteiger partial charge is 0.153 e. The van der Waals surface area contributed by atoms with Crippen LogP contribution in [0.3, 0.4) is 0 Å². The van der Waals surface area contributed by atoms with Crippen LogP contribution in [0.2, 0.25) is 0 Å². The molecule has 2 aromatic carbocycles. The fourth-order valence-corrected chi connectivity index (χ4v) is 2.26. The molecule has 0 saturated carbocycles. The van der Waals surface area contributed by atoms with Gasteiger partial charge in [0.05, 0.1) is 25.3 Å². The van der Waals surface area contributed by atoms with Gasteiger partial charge in [-0.15, -0.1) is 0 Å². The third-order valence-electron chi connectivity index (χ3n) is 3.30. The Balaban J connectivity index is 2.54. The minimum absolute atomic E-state index is 0.615. The second-order valence-corrected chi connectivity index (χ2v) is 4.47. The Morgan fingerprint density at radius 3 is 2.40 bits per heavy atom. The molecule has 20 heavy (non-hydrogen) atoms. The molecule has 0 saturated heterocycles. The Hall–Kier alpha value is -2.62. The highest BCUT2D eigenvalue weighted by atomic mass is 16.5. The van der Waals surface area contributed by atoms with Gasteiger partial charge in [-0.25, -0.2) is 9.97 Å². The quantitative estimate of drug-likeness (QED) is 0.661. The summed E-state index contributed by atoms with van der Waals surface area (Å²) < 4.78 is 10.7. The highest BCUT2D eigenvalue weighted by molar-refractivity contribution is 5.92. The van der Waals surface area contributed by atoms with E-state index in [1.807, 2.05) is 24.3 Å². The number of hydrogen-bond acceptors (Lipinski definition) is 4. The molecular weight excluding hydrogens is 252 g/mol. The second-order valence-electron chi connectivity index (χ2n) is 4.47. The fourth-order valence-electron chi connectivity index (χ4n) is 2.26. The molecule has 3 rings (SSSR count). The first-order valence-corrected chi connectivity index (χ1v) is 6.15. The molecule has 0 radical (unpaired) electrons. The van der Waals surface area contributed by atoms with E-state index in [4.69, 9.17) is 9.47 Å². The zero-order valence-corrected chi connectivity index (χ0v) is 11.4. The zero-order chi connectivity index (χ0) is 14.3. The minimum Gasteiger partial charge on any atom is -0.494 e. The number of rotatable bonds is 2. The van der Waals surface area contributed by atoms with Crippen molar-refractivity contribution >= 4 is 35.2 Å². The fraction of sp³-hybridized carbons (Fsp3) is 0.125. The van der Waals surface area contributed by atoms with Gasteiger partial charge in [0, 0.05) is 5.22 Å². The molecule has 0 N–H and O–H groups in total. The first-order valence-electron chi connectivity index (χ1n) is 6.15. The SMILES string of the molecule is C=c1cc2nc3c(OC)cccc3nc2c(OC)c1=C. The van der Waals surface area contributed by atoms with Crippen molar-refractivity contribution in [2.45, 2.75) is 0 Å². The molecule has 3 aromatic rings. The maximum absolute atomic E-state index is 5.41. The molecule has 4 nitrogen and oxygen atoms in total. The standard InChI is InChI=1S/C16H14N2O2/c1-9-8-12-15(16(20-4)10(9)2)17-11-6-5-7-13(19-3)14(11)18-12/h5-8H,1-2H2,3-4H3. The van der Waals surface area contributed by atoms with E-state index in [9.17, 15) is 0 Å². The average molecular weight is 266 g/mol. The average Bonchev–Trinajstić information content (AvgIpc) is 2.46. The minimum atomic E-state index is 0.615. The van der Waals surface area contributed by atoms with Crippen molar-refractivity contribution in [1.29, 1.82) is 0 Å². The van der Waals surface area contributed by atoms with Gasteiger partial charge in [-0.3, -0.25) is 0 Å². The molecule has 4 heteroatoms. The van der Waals surface area contributed by atoms with Crippen LogP contribution in [0.15, 0.2) is 24.3 Å². The summed E-state index contributed by atoms with van der Waals surface area (Å²) in [5.41, 5.74) is 2.88. The Labute approximate surface area is 116 Å². The van der Waals surface area contributed by atoms with Crippen molar-refractivity contribution in [3.05, 3.63) is 34.7 Å². The van der Waals surface area contributed by atoms with Crippen molar-refractivity contribution in [2.75, 3.05) is 14.2 Å². The maximum atomic E-state index is 5.41. The van der Waals surface area contributed by atoms with E-state index in [2.05, 4.69) is 23.1 Å². The molecule has 0 aliphatic heterocycles. The van der Waals surface area contributed by atoms with Gasteiger partial charge in [-0.2, -0.15) is 0 Å². The topological polar surface area (TPSA) is 44.2 Å². The number of methoxy groups -OCH3 is 2. The van der Waals surface area contributed by atoms with Gasteiger partial charge in [0.1, 0.15) is 16.8 Å². The van der Waals surface area contributed by atoms with E-state index < -0.39 is 0 Å². The Kier molecular flexibility index (Phi) is 2.79. The number of ether oxygens (including phenoxy) is 2. The van der Waals surface area contributed by atoms with E-state index in [1.165, 1.54) is 0 Å². The number of aromatic nitrogens is 2. The Morgan fingerprint density at radius 1 is 0.950 bits per heavy atom. The predicted octanol–water partition coefficient (Wildman–Crippen LogP) is 1.62. The number of nitrogens with zero attached hydrogens (tertiary/aromatic N) is 2. The summed E-state index contributed by atoms with van der Waals surface area (Å²) in [6, 6.07) is 7.50. The van der Waals surface area contributed by atoms with Crippen LogP contribution in [-0.2, 0) is 0 Å². The van der Waals surface area contributed by atoms with E-state index in [-0.39, 0.29) is 0 Å². The van der Waals surface area contributed by atoms with Crippen molar-refractivity contribution in [1.82, 2.24) is 9.97 Å². The van der Waals surface area contributed by atoms with Crippen LogP contribution in [0.1, 0.15) is 0 Å². The van der Waals surface area contributed by atoms with Crippen LogP contribution < -0.4 is 19.9 Å². The normalized spacial score (nSPS) is 10.9. The summed E-state index contributed by atoms with van der Waals surface area (Å²) in [7, 11) is 3.22. The lowest BCUT2D eigenvalue weighted by atomic mass is 10.2. The van der Waals surface area contributed by atoms with Gasteiger partial charge in [-0.1, -0.05) is 19.2 Å². The van der Waals surface area contributed by atoms with E-state index in [1.54, 1.807) is 14.2 Å². The molecule has 1 heterocycles. The second kappa shape index (κ2) is 4.49. The molecule has 0 fully saturated rings. The maximum Gasteiger partial charge on any atom is 0.153 e. The molecule has 0 unspecified atom stereocenters. The number of para-hydroxylation sites is 1. The zero-order valence-electron chi connectivity index (χ0n) is 11.4. The van der Waals surface area contributed by atoms with Crippen LogP contribution in [0, 0.1) is 0 Å². The first-order chi connectivity index (χ1) is 9.65. The van der Waals surface area contributed by atoms with Crippen LogP contribution in [0.4, 0.5) is 0 Å². The summed E-state index contributed by atoms with van der Waals surface area (Å²) in [5.74, 6) is 1.31. The van der Waals surface area contributed by atoms with E-state index >= 15 is 0 Å². The van der Waals surface area contributed by atoms with Gasteiger partial charge < -0.3 is 9.47 Å². The van der Waals surface area contributed by atoms with Crippen LogP contribution in [0.25, 0.3) is 35.2 Å². The van der Waals surface area contributed by atoms with Crippen molar-refractivity contribution < 1.29 is 9.47 Å². The highest BCUT2D eigenvalue weighted by Crippen LogP contribution is 2.26. The monoisotopic (exact) mass is 266 g/mol. The van der Waals surface area contributed by atoms with E-state index in [0.717, 1.165) is 27.0 Å².